The van der Waals surface area contributed by atoms with E-state index in [-0.39, 0.29) is 0 Å². The van der Waals surface area contributed by atoms with Crippen LogP contribution in [0.15, 0.2) is 24.3 Å². The van der Waals surface area contributed by atoms with Crippen LogP contribution in [0.25, 0.3) is 0 Å². The van der Waals surface area contributed by atoms with E-state index in [0.29, 0.717) is 5.54 Å². The monoisotopic (exact) mass is 265 g/mol. The van der Waals surface area contributed by atoms with Gasteiger partial charge in [-0.2, -0.15) is 0 Å². The van der Waals surface area contributed by atoms with Crippen LogP contribution in [-0.2, 0) is 6.42 Å². The summed E-state index contributed by atoms with van der Waals surface area (Å²) < 4.78 is 0. The zero-order valence-electron chi connectivity index (χ0n) is 11.7. The number of likely N-dealkylation sites (N-methyl/N-ethyl adjacent to an activating group) is 1. The van der Waals surface area contributed by atoms with Crippen LogP contribution in [0.5, 0.6) is 0 Å². The van der Waals surface area contributed by atoms with Crippen molar-refractivity contribution in [1.82, 2.24) is 4.90 Å². The van der Waals surface area contributed by atoms with Gasteiger partial charge >= 0.3 is 0 Å². The summed E-state index contributed by atoms with van der Waals surface area (Å²) in [5, 5.41) is 0.829. The van der Waals surface area contributed by atoms with Gasteiger partial charge in [-0.1, -0.05) is 30.7 Å². The summed E-state index contributed by atoms with van der Waals surface area (Å²) in [4.78, 5) is 2.44. The van der Waals surface area contributed by atoms with Crippen molar-refractivity contribution < 1.29 is 0 Å². The van der Waals surface area contributed by atoms with Crippen LogP contribution < -0.4 is 0 Å². The lowest BCUT2D eigenvalue weighted by Crippen LogP contribution is -2.48. The van der Waals surface area contributed by atoms with E-state index in [1.807, 2.05) is 12.1 Å². The molecule has 0 bridgehead atoms. The number of benzene rings is 1. The molecule has 1 saturated carbocycles. The second-order valence-corrected chi connectivity index (χ2v) is 6.54. The lowest BCUT2D eigenvalue weighted by atomic mass is 9.73. The van der Waals surface area contributed by atoms with Gasteiger partial charge in [0.2, 0.25) is 0 Å². The molecule has 0 N–H and O–H groups in total. The van der Waals surface area contributed by atoms with Gasteiger partial charge in [-0.05, 0) is 69.8 Å². The summed E-state index contributed by atoms with van der Waals surface area (Å²) in [5.74, 6) is 0.892. The molecule has 1 aromatic carbocycles. The Morgan fingerprint density at radius 1 is 1.17 bits per heavy atom. The molecule has 0 heterocycles. The largest absolute Gasteiger partial charge is 0.303 e. The lowest BCUT2D eigenvalue weighted by molar-refractivity contribution is 0.0830. The fourth-order valence-electron chi connectivity index (χ4n) is 3.06. The highest BCUT2D eigenvalue weighted by Crippen LogP contribution is 2.37. The predicted octanol–water partition coefficient (Wildman–Crippen LogP) is 4.39. The van der Waals surface area contributed by atoms with Crippen molar-refractivity contribution in [3.05, 3.63) is 34.9 Å². The van der Waals surface area contributed by atoms with Gasteiger partial charge in [0.05, 0.1) is 0 Å². The highest BCUT2D eigenvalue weighted by atomic mass is 35.5. The van der Waals surface area contributed by atoms with E-state index >= 15 is 0 Å². The fraction of sp³-hybridized carbons (Fsp3) is 0.625. The second kappa shape index (κ2) is 5.63. The third-order valence-electron chi connectivity index (χ3n) is 4.60. The topological polar surface area (TPSA) is 3.24 Å². The molecule has 2 rings (SSSR count). The molecule has 18 heavy (non-hydrogen) atoms. The van der Waals surface area contributed by atoms with E-state index in [1.54, 1.807) is 0 Å². The molecule has 100 valence electrons. The third kappa shape index (κ3) is 3.07. The van der Waals surface area contributed by atoms with Crippen molar-refractivity contribution in [2.45, 2.75) is 44.6 Å². The quantitative estimate of drug-likeness (QED) is 0.783. The Kier molecular flexibility index (Phi) is 4.34. The first-order valence-electron chi connectivity index (χ1n) is 6.94. The van der Waals surface area contributed by atoms with Crippen molar-refractivity contribution in [2.75, 3.05) is 14.1 Å². The maximum atomic E-state index is 5.96. The zero-order chi connectivity index (χ0) is 13.2. The van der Waals surface area contributed by atoms with E-state index in [0.717, 1.165) is 17.4 Å². The molecule has 2 heteroatoms. The van der Waals surface area contributed by atoms with Gasteiger partial charge in [-0.3, -0.25) is 0 Å². The van der Waals surface area contributed by atoms with Gasteiger partial charge in [0.25, 0.3) is 0 Å². The van der Waals surface area contributed by atoms with Crippen LogP contribution in [0.1, 0.15) is 38.2 Å². The van der Waals surface area contributed by atoms with Gasteiger partial charge in [0.15, 0.2) is 0 Å². The SMILES string of the molecule is CC1CCC(Cc2ccc(Cl)cc2)(N(C)C)CC1. The van der Waals surface area contributed by atoms with Crippen molar-refractivity contribution in [3.63, 3.8) is 0 Å². The molecule has 0 spiro atoms. The summed E-state index contributed by atoms with van der Waals surface area (Å²) in [6, 6.07) is 8.36. The minimum absolute atomic E-state index is 0.348. The van der Waals surface area contributed by atoms with Crippen LogP contribution in [0.4, 0.5) is 0 Å². The van der Waals surface area contributed by atoms with Crippen molar-refractivity contribution in [2.24, 2.45) is 5.92 Å². The minimum atomic E-state index is 0.348. The molecule has 0 amide bonds. The molecule has 0 unspecified atom stereocenters. The Hall–Kier alpha value is -0.530. The fourth-order valence-corrected chi connectivity index (χ4v) is 3.19. The van der Waals surface area contributed by atoms with Crippen molar-refractivity contribution >= 4 is 11.6 Å². The van der Waals surface area contributed by atoms with E-state index in [9.17, 15) is 0 Å². The summed E-state index contributed by atoms with van der Waals surface area (Å²) in [6.07, 6.45) is 6.47. The summed E-state index contributed by atoms with van der Waals surface area (Å²) in [7, 11) is 4.46. The van der Waals surface area contributed by atoms with Crippen molar-refractivity contribution in [1.29, 1.82) is 0 Å². The first kappa shape index (κ1) is 13.9. The number of nitrogens with zero attached hydrogens (tertiary/aromatic N) is 1. The van der Waals surface area contributed by atoms with Gasteiger partial charge in [0, 0.05) is 10.6 Å². The van der Waals surface area contributed by atoms with Gasteiger partial charge < -0.3 is 4.90 Å². The predicted molar refractivity (Wildman–Crippen MR) is 79.2 cm³/mol. The van der Waals surface area contributed by atoms with Crippen LogP contribution >= 0.6 is 11.6 Å². The van der Waals surface area contributed by atoms with Crippen LogP contribution in [0.3, 0.4) is 0 Å². The Morgan fingerprint density at radius 3 is 2.22 bits per heavy atom. The Morgan fingerprint density at radius 2 is 1.72 bits per heavy atom. The second-order valence-electron chi connectivity index (χ2n) is 6.10. The molecule has 0 aliphatic heterocycles. The normalized spacial score (nSPS) is 28.6. The molecule has 1 aromatic rings. The molecule has 0 radical (unpaired) electrons. The molecule has 1 aliphatic rings. The van der Waals surface area contributed by atoms with E-state index in [2.05, 4.69) is 38.1 Å². The Balaban J connectivity index is 2.13. The summed E-state index contributed by atoms with van der Waals surface area (Å²) in [6.45, 7) is 2.38. The molecule has 1 aliphatic carbocycles. The number of hydrogen-bond acceptors (Lipinski definition) is 1. The van der Waals surface area contributed by atoms with Crippen molar-refractivity contribution in [3.8, 4) is 0 Å². The van der Waals surface area contributed by atoms with Gasteiger partial charge in [-0.25, -0.2) is 0 Å². The van der Waals surface area contributed by atoms with Gasteiger partial charge in [0.1, 0.15) is 0 Å². The van der Waals surface area contributed by atoms with Crippen LogP contribution in [0.2, 0.25) is 5.02 Å². The smallest absolute Gasteiger partial charge is 0.0406 e. The minimum Gasteiger partial charge on any atom is -0.303 e. The highest BCUT2D eigenvalue weighted by molar-refractivity contribution is 6.30. The first-order valence-corrected chi connectivity index (χ1v) is 7.31. The van der Waals surface area contributed by atoms with Crippen LogP contribution in [0, 0.1) is 5.92 Å². The summed E-state index contributed by atoms with van der Waals surface area (Å²) in [5.41, 5.74) is 1.75. The van der Waals surface area contributed by atoms with Crippen LogP contribution in [-0.4, -0.2) is 24.5 Å². The van der Waals surface area contributed by atoms with Gasteiger partial charge in [-0.15, -0.1) is 0 Å². The molecular weight excluding hydrogens is 242 g/mol. The third-order valence-corrected chi connectivity index (χ3v) is 4.85. The van der Waals surface area contributed by atoms with E-state index in [4.69, 9.17) is 11.6 Å². The highest BCUT2D eigenvalue weighted by Gasteiger charge is 2.36. The molecule has 1 nitrogen and oxygen atoms in total. The Bertz CT molecular complexity index is 375. The lowest BCUT2D eigenvalue weighted by Gasteiger charge is -2.45. The Labute approximate surface area is 116 Å². The maximum absolute atomic E-state index is 5.96. The number of halogens is 1. The zero-order valence-corrected chi connectivity index (χ0v) is 12.5. The molecule has 0 atom stereocenters. The number of hydrogen-bond donors (Lipinski definition) is 0. The van der Waals surface area contributed by atoms with E-state index in [1.165, 1.54) is 31.2 Å². The maximum Gasteiger partial charge on any atom is 0.0406 e. The molecule has 1 fully saturated rings. The summed E-state index contributed by atoms with van der Waals surface area (Å²) >= 11 is 5.96. The average molecular weight is 266 g/mol. The number of rotatable bonds is 3. The molecular formula is C16H24ClN. The standard InChI is InChI=1S/C16H24ClN/c1-13-8-10-16(11-9-13,18(2)3)12-14-4-6-15(17)7-5-14/h4-7,13H,8-12H2,1-3H3. The molecule has 0 saturated heterocycles. The van der Waals surface area contributed by atoms with E-state index < -0.39 is 0 Å². The average Bonchev–Trinajstić information content (AvgIpc) is 2.35. The first-order chi connectivity index (χ1) is 8.52. The molecule has 0 aromatic heterocycles.